The summed E-state index contributed by atoms with van der Waals surface area (Å²) in [5.74, 6) is 0. The standard InChI is InChI=1S/C15H17N3OS/c1-3-18(4-2)13-7-5-12(6-8-13)16-17-15-10-9-14(11-19)20-15/h5-11H,3-4H2,1-2H3. The van der Waals surface area contributed by atoms with Gasteiger partial charge in [-0.25, -0.2) is 0 Å². The van der Waals surface area contributed by atoms with Crippen LogP contribution >= 0.6 is 11.3 Å². The Hall–Kier alpha value is -2.01. The van der Waals surface area contributed by atoms with Crippen LogP contribution in [0.1, 0.15) is 23.5 Å². The predicted molar refractivity (Wildman–Crippen MR) is 83.9 cm³/mol. The minimum atomic E-state index is 0.663. The molecule has 1 heterocycles. The second-order valence-corrected chi connectivity index (χ2v) is 5.28. The van der Waals surface area contributed by atoms with Crippen molar-refractivity contribution in [3.05, 3.63) is 41.3 Å². The van der Waals surface area contributed by atoms with Crippen molar-refractivity contribution in [2.75, 3.05) is 18.0 Å². The van der Waals surface area contributed by atoms with Crippen LogP contribution in [-0.2, 0) is 0 Å². The first-order valence-electron chi connectivity index (χ1n) is 6.58. The molecule has 0 unspecified atom stereocenters. The number of anilines is 1. The molecule has 5 heteroatoms. The first kappa shape index (κ1) is 14.4. The molecule has 0 aliphatic rings. The number of rotatable bonds is 6. The van der Waals surface area contributed by atoms with Crippen molar-refractivity contribution in [2.24, 2.45) is 10.2 Å². The highest BCUT2D eigenvalue weighted by Gasteiger charge is 2.01. The van der Waals surface area contributed by atoms with Gasteiger partial charge in [0.25, 0.3) is 0 Å². The van der Waals surface area contributed by atoms with E-state index in [1.807, 2.05) is 24.3 Å². The van der Waals surface area contributed by atoms with Crippen molar-refractivity contribution in [3.8, 4) is 0 Å². The van der Waals surface area contributed by atoms with Gasteiger partial charge in [0.2, 0.25) is 0 Å². The minimum absolute atomic E-state index is 0.663. The zero-order valence-electron chi connectivity index (χ0n) is 11.6. The summed E-state index contributed by atoms with van der Waals surface area (Å²) in [7, 11) is 0. The summed E-state index contributed by atoms with van der Waals surface area (Å²) in [6.07, 6.45) is 0.822. The highest BCUT2D eigenvalue weighted by atomic mass is 32.1. The van der Waals surface area contributed by atoms with Crippen LogP contribution in [0, 0.1) is 0 Å². The Morgan fingerprint density at radius 1 is 1.05 bits per heavy atom. The molecule has 0 radical (unpaired) electrons. The van der Waals surface area contributed by atoms with E-state index >= 15 is 0 Å². The third-order valence-electron chi connectivity index (χ3n) is 2.97. The maximum atomic E-state index is 10.6. The van der Waals surface area contributed by atoms with Gasteiger partial charge in [-0.2, -0.15) is 0 Å². The lowest BCUT2D eigenvalue weighted by molar-refractivity contribution is 0.112. The van der Waals surface area contributed by atoms with Gasteiger partial charge in [0, 0.05) is 18.8 Å². The Kier molecular flexibility index (Phi) is 5.01. The van der Waals surface area contributed by atoms with Crippen molar-refractivity contribution in [1.82, 2.24) is 0 Å². The number of carbonyl (C=O) groups is 1. The molecule has 1 aromatic heterocycles. The summed E-state index contributed by atoms with van der Waals surface area (Å²) in [6.45, 7) is 6.25. The molecule has 0 bridgehead atoms. The van der Waals surface area contributed by atoms with E-state index in [4.69, 9.17) is 0 Å². The van der Waals surface area contributed by atoms with Crippen LogP contribution in [0.15, 0.2) is 46.6 Å². The average molecular weight is 287 g/mol. The number of hydrogen-bond donors (Lipinski definition) is 0. The van der Waals surface area contributed by atoms with Crippen molar-refractivity contribution in [2.45, 2.75) is 13.8 Å². The van der Waals surface area contributed by atoms with Crippen molar-refractivity contribution >= 4 is 34.0 Å². The Bertz CT molecular complexity index is 585. The van der Waals surface area contributed by atoms with Gasteiger partial charge in [-0.1, -0.05) is 0 Å². The Morgan fingerprint density at radius 2 is 1.75 bits per heavy atom. The van der Waals surface area contributed by atoms with E-state index in [9.17, 15) is 4.79 Å². The van der Waals surface area contributed by atoms with Crippen LogP contribution in [0.3, 0.4) is 0 Å². The molecule has 4 nitrogen and oxygen atoms in total. The molecule has 0 spiro atoms. The highest BCUT2D eigenvalue weighted by molar-refractivity contribution is 7.17. The number of thiophene rings is 1. The van der Waals surface area contributed by atoms with Crippen LogP contribution in [-0.4, -0.2) is 19.4 Å². The molecule has 0 N–H and O–H groups in total. The van der Waals surface area contributed by atoms with Crippen molar-refractivity contribution in [1.29, 1.82) is 0 Å². The van der Waals surface area contributed by atoms with Gasteiger partial charge >= 0.3 is 0 Å². The fourth-order valence-corrected chi connectivity index (χ4v) is 2.53. The van der Waals surface area contributed by atoms with Crippen LogP contribution in [0.2, 0.25) is 0 Å². The summed E-state index contributed by atoms with van der Waals surface area (Å²) in [5.41, 5.74) is 2.00. The first-order valence-corrected chi connectivity index (χ1v) is 7.40. The van der Waals surface area contributed by atoms with Crippen LogP contribution in [0.5, 0.6) is 0 Å². The van der Waals surface area contributed by atoms with E-state index in [0.717, 1.165) is 30.1 Å². The Balaban J connectivity index is 2.08. The summed E-state index contributed by atoms with van der Waals surface area (Å²) < 4.78 is 0. The van der Waals surface area contributed by atoms with E-state index < -0.39 is 0 Å². The quantitative estimate of drug-likeness (QED) is 0.564. The number of nitrogens with zero attached hydrogens (tertiary/aromatic N) is 3. The minimum Gasteiger partial charge on any atom is -0.372 e. The molecule has 0 aliphatic heterocycles. The predicted octanol–water partition coefficient (Wildman–Crippen LogP) is 4.82. The fraction of sp³-hybridized carbons (Fsp3) is 0.267. The Morgan fingerprint density at radius 3 is 2.30 bits per heavy atom. The summed E-state index contributed by atoms with van der Waals surface area (Å²) >= 11 is 1.33. The lowest BCUT2D eigenvalue weighted by Crippen LogP contribution is -2.21. The highest BCUT2D eigenvalue weighted by Crippen LogP contribution is 2.26. The van der Waals surface area contributed by atoms with E-state index in [0.29, 0.717) is 4.88 Å². The number of hydrogen-bond acceptors (Lipinski definition) is 5. The lowest BCUT2D eigenvalue weighted by atomic mass is 10.2. The third kappa shape index (κ3) is 3.51. The number of benzene rings is 1. The molecule has 0 atom stereocenters. The summed E-state index contributed by atoms with van der Waals surface area (Å²) in [5, 5.41) is 9.04. The molecule has 2 rings (SSSR count). The normalized spacial score (nSPS) is 10.9. The van der Waals surface area contributed by atoms with Crippen molar-refractivity contribution in [3.63, 3.8) is 0 Å². The molecule has 0 amide bonds. The molecule has 104 valence electrons. The molecular weight excluding hydrogens is 270 g/mol. The van der Waals surface area contributed by atoms with Gasteiger partial charge in [-0.15, -0.1) is 21.6 Å². The second kappa shape index (κ2) is 6.96. The van der Waals surface area contributed by atoms with Crippen LogP contribution in [0.4, 0.5) is 16.4 Å². The molecule has 20 heavy (non-hydrogen) atoms. The van der Waals surface area contributed by atoms with Crippen LogP contribution < -0.4 is 4.90 Å². The molecule has 2 aromatic rings. The van der Waals surface area contributed by atoms with Gasteiger partial charge in [0.1, 0.15) is 5.00 Å². The average Bonchev–Trinajstić information content (AvgIpc) is 2.96. The van der Waals surface area contributed by atoms with E-state index in [-0.39, 0.29) is 0 Å². The summed E-state index contributed by atoms with van der Waals surface area (Å²) in [6, 6.07) is 11.5. The largest absolute Gasteiger partial charge is 0.372 e. The number of azo groups is 1. The van der Waals surface area contributed by atoms with Gasteiger partial charge in [-0.3, -0.25) is 4.79 Å². The number of aldehydes is 1. The first-order chi connectivity index (χ1) is 9.76. The van der Waals surface area contributed by atoms with Gasteiger partial charge < -0.3 is 4.90 Å². The maximum absolute atomic E-state index is 10.6. The third-order valence-corrected chi connectivity index (χ3v) is 3.87. The zero-order chi connectivity index (χ0) is 14.4. The smallest absolute Gasteiger partial charge is 0.160 e. The molecule has 0 saturated heterocycles. The molecule has 1 aromatic carbocycles. The molecule has 0 saturated carbocycles. The molecular formula is C15H17N3OS. The van der Waals surface area contributed by atoms with E-state index in [2.05, 4.69) is 29.0 Å². The maximum Gasteiger partial charge on any atom is 0.160 e. The Labute approximate surface area is 122 Å². The summed E-state index contributed by atoms with van der Waals surface area (Å²) in [4.78, 5) is 13.5. The topological polar surface area (TPSA) is 45.0 Å². The molecule has 0 fully saturated rings. The number of carbonyl (C=O) groups excluding carboxylic acids is 1. The van der Waals surface area contributed by atoms with Crippen molar-refractivity contribution < 1.29 is 4.79 Å². The lowest BCUT2D eigenvalue weighted by Gasteiger charge is -2.20. The van der Waals surface area contributed by atoms with Gasteiger partial charge in [0.15, 0.2) is 6.29 Å². The van der Waals surface area contributed by atoms with E-state index in [1.165, 1.54) is 17.0 Å². The molecule has 0 aliphatic carbocycles. The van der Waals surface area contributed by atoms with E-state index in [1.54, 1.807) is 12.1 Å². The second-order valence-electron chi connectivity index (χ2n) is 4.18. The van der Waals surface area contributed by atoms with Gasteiger partial charge in [0.05, 0.1) is 10.6 Å². The van der Waals surface area contributed by atoms with Crippen LogP contribution in [0.25, 0.3) is 0 Å². The zero-order valence-corrected chi connectivity index (χ0v) is 12.4. The fourth-order valence-electron chi connectivity index (χ4n) is 1.89. The van der Waals surface area contributed by atoms with Gasteiger partial charge in [-0.05, 0) is 50.2 Å². The monoisotopic (exact) mass is 287 g/mol. The SMILES string of the molecule is CCN(CC)c1ccc(N=Nc2ccc(C=O)s2)cc1.